The van der Waals surface area contributed by atoms with Gasteiger partial charge in [-0.1, -0.05) is 0 Å². The van der Waals surface area contributed by atoms with Gasteiger partial charge in [0.2, 0.25) is 0 Å². The van der Waals surface area contributed by atoms with Crippen LogP contribution in [0, 0.1) is 49.4 Å². The summed E-state index contributed by atoms with van der Waals surface area (Å²) < 4.78 is 3.83. The van der Waals surface area contributed by atoms with E-state index in [-0.39, 0.29) is 24.8 Å². The number of hydrogen-bond acceptors (Lipinski definition) is 0. The summed E-state index contributed by atoms with van der Waals surface area (Å²) in [7, 11) is 0. The zero-order valence-electron chi connectivity index (χ0n) is 39.3. The molecule has 0 saturated heterocycles. The van der Waals surface area contributed by atoms with E-state index in [4.69, 9.17) is 0 Å². The van der Waals surface area contributed by atoms with Crippen LogP contribution in [0.15, 0.2) is 83.9 Å². The molecule has 0 aliphatic heterocycles. The Labute approximate surface area is 395 Å². The monoisotopic (exact) mass is 970 g/mol. The van der Waals surface area contributed by atoms with Crippen molar-refractivity contribution < 1.29 is 17.4 Å². The fraction of sp³-hybridized carbons (Fsp3) is 0.525. The van der Waals surface area contributed by atoms with E-state index in [9.17, 15) is 0 Å². The molecular formula is C59H74Cl2SiZr. The van der Waals surface area contributed by atoms with Gasteiger partial charge in [0.25, 0.3) is 0 Å². The second-order valence-electron chi connectivity index (χ2n) is 23.7. The van der Waals surface area contributed by atoms with Gasteiger partial charge in [0, 0.05) is 0 Å². The molecule has 0 radical (unpaired) electrons. The number of fused-ring (bicyclic) bond motifs is 2. The average molecular weight is 973 g/mol. The van der Waals surface area contributed by atoms with E-state index < -0.39 is 17.4 Å². The SMILES string of the molecule is CCC1=Cc2c(-c3ccc(C45CC6CC(CC(C6)C4)C5)cc3)ccc(C)c2[CH]1[Zr](=[SiH2])([CH2]C)([CH2]C)[CH]1C(C)=Cc2c(-c3ccc(C45CC6CC(CC(C6)C4)C5)cc3)ccc(C)c21.Cl.Cl. The second kappa shape index (κ2) is 15.8. The first kappa shape index (κ1) is 44.9. The van der Waals surface area contributed by atoms with Gasteiger partial charge in [0.1, 0.15) is 0 Å². The Kier molecular flexibility index (Phi) is 11.3. The minimum atomic E-state index is -3.88. The molecule has 63 heavy (non-hydrogen) atoms. The van der Waals surface area contributed by atoms with Crippen molar-refractivity contribution >= 4 is 43.8 Å². The standard InChI is InChI=1S/C28H31.C27H29.2C2H5.2ClH.H2Si.Zr/c1-3-19-13-26-18(2)4-9-25(27(26)14-19)23-5-7-24(8-6-23)28-15-20-10-21(16-28)12-22(11-20)17-28;1-17-9-25-18(2)3-8-24(26(25)10-17)22-4-6-23(7-5-22)27-14-19-11-20(15-27)13-21(12-19)16-27;2*1-2;;;;/h4-9,13-14,20-22H,3,10-12,15-17H2,1-2H3;3-10,19-21H,11-16H2,1-2H3;2*1H2,2H3;2*1H;1H2;. The van der Waals surface area contributed by atoms with E-state index in [0.29, 0.717) is 18.1 Å². The molecule has 10 aliphatic carbocycles. The Morgan fingerprint density at radius 1 is 0.492 bits per heavy atom. The van der Waals surface area contributed by atoms with Crippen molar-refractivity contribution in [3.63, 3.8) is 0 Å². The van der Waals surface area contributed by atoms with Crippen molar-refractivity contribution in [2.75, 3.05) is 0 Å². The largest absolute Gasteiger partial charge is 0.147 e. The van der Waals surface area contributed by atoms with Gasteiger partial charge in [0.15, 0.2) is 0 Å². The first-order valence-electron chi connectivity index (χ1n) is 25.4. The molecule has 14 rings (SSSR count). The van der Waals surface area contributed by atoms with Gasteiger partial charge >= 0.3 is 374 Å². The molecule has 2 unspecified atom stereocenters. The molecule has 4 aromatic rings. The Bertz CT molecular complexity index is 2530. The fourth-order valence-corrected chi connectivity index (χ4v) is 42.5. The molecular weight excluding hydrogens is 899 g/mol. The van der Waals surface area contributed by atoms with Crippen LogP contribution in [-0.4, -0.2) is 6.88 Å². The van der Waals surface area contributed by atoms with Gasteiger partial charge < -0.3 is 0 Å². The Balaban J connectivity index is 0.00000236. The molecule has 8 bridgehead atoms. The van der Waals surface area contributed by atoms with Crippen LogP contribution in [0.4, 0.5) is 0 Å². The first-order valence-corrected chi connectivity index (χ1v) is 37.6. The Morgan fingerprint density at radius 2 is 0.857 bits per heavy atom. The summed E-state index contributed by atoms with van der Waals surface area (Å²) in [4.78, 5) is 0. The molecule has 4 aromatic carbocycles. The molecule has 0 aromatic heterocycles. The summed E-state index contributed by atoms with van der Waals surface area (Å²) in [5.41, 5.74) is 22.9. The van der Waals surface area contributed by atoms with Gasteiger partial charge in [-0.2, -0.15) is 0 Å². The molecule has 8 saturated carbocycles. The summed E-state index contributed by atoms with van der Waals surface area (Å²) in [6.45, 7) is 17.8. The molecule has 8 fully saturated rings. The first-order chi connectivity index (χ1) is 29.4. The Hall–Kier alpha value is -1.96. The molecule has 0 N–H and O–H groups in total. The molecule has 0 amide bonds. The maximum atomic E-state index is 2.73. The minimum absolute atomic E-state index is 0. The quantitative estimate of drug-likeness (QED) is 0.147. The third kappa shape index (κ3) is 6.53. The molecule has 0 heterocycles. The predicted octanol–water partition coefficient (Wildman–Crippen LogP) is 16.5. The van der Waals surface area contributed by atoms with Crippen molar-refractivity contribution in [2.24, 2.45) is 35.5 Å². The van der Waals surface area contributed by atoms with Crippen LogP contribution in [0.5, 0.6) is 0 Å². The smallest absolute Gasteiger partial charge is 0.147 e. The van der Waals surface area contributed by atoms with E-state index in [0.717, 1.165) is 41.9 Å². The number of benzene rings is 4. The summed E-state index contributed by atoms with van der Waals surface area (Å²) in [6, 6.07) is 30.4. The van der Waals surface area contributed by atoms with E-state index in [1.807, 2.05) is 0 Å². The molecule has 4 heteroatoms. The van der Waals surface area contributed by atoms with Crippen LogP contribution in [0.3, 0.4) is 0 Å². The summed E-state index contributed by atoms with van der Waals surface area (Å²) in [5, 5.41) is 0. The van der Waals surface area contributed by atoms with Crippen molar-refractivity contribution in [2.45, 2.75) is 151 Å². The number of hydrogen-bond donors (Lipinski definition) is 0. The maximum Gasteiger partial charge on any atom is -0.147 e. The molecule has 0 nitrogen and oxygen atoms in total. The molecule has 0 spiro atoms. The predicted molar refractivity (Wildman–Crippen MR) is 274 cm³/mol. The van der Waals surface area contributed by atoms with Crippen molar-refractivity contribution in [1.82, 2.24) is 0 Å². The van der Waals surface area contributed by atoms with Crippen molar-refractivity contribution in [3.8, 4) is 22.3 Å². The van der Waals surface area contributed by atoms with Gasteiger partial charge in [-0.3, -0.25) is 0 Å². The summed E-state index contributed by atoms with van der Waals surface area (Å²) in [5.74, 6) is 5.89. The minimum Gasteiger partial charge on any atom is -0.147 e. The van der Waals surface area contributed by atoms with E-state index in [2.05, 4.69) is 133 Å². The Morgan fingerprint density at radius 3 is 1.22 bits per heavy atom. The summed E-state index contributed by atoms with van der Waals surface area (Å²) >= 11 is -3.88. The summed E-state index contributed by atoms with van der Waals surface area (Å²) in [6.07, 6.45) is 24.3. The van der Waals surface area contributed by atoms with Crippen LogP contribution in [0.1, 0.15) is 163 Å². The van der Waals surface area contributed by atoms with Crippen LogP contribution < -0.4 is 0 Å². The molecule has 10 aliphatic rings. The van der Waals surface area contributed by atoms with Crippen LogP contribution in [-0.2, 0) is 28.2 Å². The second-order valence-corrected chi connectivity index (χ2v) is 51.3. The van der Waals surface area contributed by atoms with Crippen LogP contribution >= 0.6 is 24.8 Å². The maximum absolute atomic E-state index is 3.88. The molecule has 332 valence electrons. The number of halogens is 2. The van der Waals surface area contributed by atoms with Crippen LogP contribution in [0.25, 0.3) is 34.4 Å². The number of rotatable bonds is 9. The zero-order chi connectivity index (χ0) is 41.7. The third-order valence-electron chi connectivity index (χ3n) is 20.6. The van der Waals surface area contributed by atoms with E-state index >= 15 is 0 Å². The van der Waals surface area contributed by atoms with Crippen molar-refractivity contribution in [3.05, 3.63) is 128 Å². The van der Waals surface area contributed by atoms with Crippen LogP contribution in [0.2, 0.25) is 8.26 Å². The normalized spacial score (nSPS) is 33.1. The number of aryl methyl sites for hydroxylation is 2. The van der Waals surface area contributed by atoms with Crippen molar-refractivity contribution in [1.29, 1.82) is 0 Å². The fourth-order valence-electron chi connectivity index (χ4n) is 18.4. The van der Waals surface area contributed by atoms with Gasteiger partial charge in [0.05, 0.1) is 0 Å². The van der Waals surface area contributed by atoms with Gasteiger partial charge in [-0.05, 0) is 0 Å². The van der Waals surface area contributed by atoms with E-state index in [1.165, 1.54) is 119 Å². The third-order valence-corrected chi connectivity index (χ3v) is 51.4. The number of allylic oxidation sites excluding steroid dienone is 2. The van der Waals surface area contributed by atoms with Gasteiger partial charge in [-0.25, -0.2) is 0 Å². The molecule has 2 atom stereocenters. The average Bonchev–Trinajstić information content (AvgIpc) is 3.84. The van der Waals surface area contributed by atoms with E-state index in [1.54, 1.807) is 44.5 Å². The zero-order valence-corrected chi connectivity index (χ0v) is 44.8. The topological polar surface area (TPSA) is 0 Å². The van der Waals surface area contributed by atoms with Gasteiger partial charge in [-0.15, -0.1) is 24.8 Å².